The van der Waals surface area contributed by atoms with Gasteiger partial charge in [-0.2, -0.15) is 0 Å². The summed E-state index contributed by atoms with van der Waals surface area (Å²) in [6, 6.07) is 12.7. The Morgan fingerprint density at radius 3 is 2.47 bits per heavy atom. The van der Waals surface area contributed by atoms with Crippen LogP contribution >= 0.6 is 0 Å². The molecule has 2 aromatic rings. The molecule has 0 atom stereocenters. The van der Waals surface area contributed by atoms with Crippen LogP contribution in [-0.2, 0) is 11.2 Å². The van der Waals surface area contributed by atoms with E-state index >= 15 is 0 Å². The zero-order valence-corrected chi connectivity index (χ0v) is 18.0. The van der Waals surface area contributed by atoms with Crippen molar-refractivity contribution in [2.24, 2.45) is 0 Å². The number of hydrogen-bond donors (Lipinski definition) is 2. The van der Waals surface area contributed by atoms with Gasteiger partial charge in [-0.05, 0) is 76.1 Å². The second kappa shape index (κ2) is 8.61. The van der Waals surface area contributed by atoms with Gasteiger partial charge in [-0.15, -0.1) is 0 Å². The Kier molecular flexibility index (Phi) is 6.15. The lowest BCUT2D eigenvalue weighted by atomic mass is 9.85. The van der Waals surface area contributed by atoms with Gasteiger partial charge in [0.1, 0.15) is 5.75 Å². The lowest BCUT2D eigenvalue weighted by Gasteiger charge is -2.35. The van der Waals surface area contributed by atoms with Gasteiger partial charge in [0.15, 0.2) is 5.78 Å². The van der Waals surface area contributed by atoms with Crippen molar-refractivity contribution < 1.29 is 19.1 Å². The highest BCUT2D eigenvalue weighted by Gasteiger charge is 2.28. The fourth-order valence-corrected chi connectivity index (χ4v) is 3.45. The SMILES string of the molecule is COc1ccc2c(c1)/C(=C/C(=O)c1ccc(NC(=O)OC(C)C)cc1)NC(C)(C)C2. The number of rotatable bonds is 5. The Morgan fingerprint density at radius 1 is 1.13 bits per heavy atom. The first kappa shape index (κ1) is 21.4. The number of benzene rings is 2. The summed E-state index contributed by atoms with van der Waals surface area (Å²) in [5.74, 6) is 0.623. The summed E-state index contributed by atoms with van der Waals surface area (Å²) < 4.78 is 10.4. The van der Waals surface area contributed by atoms with Crippen molar-refractivity contribution in [3.63, 3.8) is 0 Å². The highest BCUT2D eigenvalue weighted by Crippen LogP contribution is 2.32. The summed E-state index contributed by atoms with van der Waals surface area (Å²) in [4.78, 5) is 24.6. The van der Waals surface area contributed by atoms with Gasteiger partial charge in [0, 0.05) is 34.1 Å². The number of amides is 1. The third kappa shape index (κ3) is 5.20. The molecule has 1 heterocycles. The Hall–Kier alpha value is -3.28. The number of anilines is 1. The predicted octanol–water partition coefficient (Wildman–Crippen LogP) is 4.80. The van der Waals surface area contributed by atoms with Crippen molar-refractivity contribution in [2.75, 3.05) is 12.4 Å². The first-order chi connectivity index (χ1) is 14.2. The molecule has 0 saturated heterocycles. The van der Waals surface area contributed by atoms with Crippen molar-refractivity contribution in [2.45, 2.75) is 45.8 Å². The third-order valence-corrected chi connectivity index (χ3v) is 4.75. The molecule has 30 heavy (non-hydrogen) atoms. The molecule has 6 nitrogen and oxygen atoms in total. The summed E-state index contributed by atoms with van der Waals surface area (Å²) in [5.41, 5.74) is 3.83. The number of allylic oxidation sites excluding steroid dienone is 1. The van der Waals surface area contributed by atoms with E-state index in [0.29, 0.717) is 11.3 Å². The molecule has 6 heteroatoms. The molecular weight excluding hydrogens is 380 g/mol. The van der Waals surface area contributed by atoms with E-state index in [2.05, 4.69) is 24.5 Å². The van der Waals surface area contributed by atoms with E-state index in [1.165, 1.54) is 5.56 Å². The van der Waals surface area contributed by atoms with E-state index in [1.54, 1.807) is 51.3 Å². The second-order valence-electron chi connectivity index (χ2n) is 8.29. The van der Waals surface area contributed by atoms with Crippen LogP contribution in [0.25, 0.3) is 5.70 Å². The molecule has 1 aliphatic heterocycles. The van der Waals surface area contributed by atoms with Crippen LogP contribution in [0.3, 0.4) is 0 Å². The maximum absolute atomic E-state index is 12.9. The molecule has 1 amide bonds. The van der Waals surface area contributed by atoms with Crippen LogP contribution in [0.5, 0.6) is 5.75 Å². The molecule has 0 aromatic heterocycles. The van der Waals surface area contributed by atoms with Crippen molar-refractivity contribution in [1.82, 2.24) is 5.32 Å². The van der Waals surface area contributed by atoms with Crippen LogP contribution < -0.4 is 15.4 Å². The van der Waals surface area contributed by atoms with E-state index in [1.807, 2.05) is 18.2 Å². The first-order valence-corrected chi connectivity index (χ1v) is 9.96. The average Bonchev–Trinajstić information content (AvgIpc) is 2.66. The molecule has 3 rings (SSSR count). The van der Waals surface area contributed by atoms with Gasteiger partial charge in [-0.3, -0.25) is 10.1 Å². The number of fused-ring (bicyclic) bond motifs is 1. The van der Waals surface area contributed by atoms with E-state index in [-0.39, 0.29) is 17.4 Å². The van der Waals surface area contributed by atoms with Gasteiger partial charge >= 0.3 is 6.09 Å². The molecule has 1 aliphatic rings. The molecule has 0 radical (unpaired) electrons. The quantitative estimate of drug-likeness (QED) is 0.549. The molecule has 0 bridgehead atoms. The molecule has 2 N–H and O–H groups in total. The van der Waals surface area contributed by atoms with Crippen LogP contribution in [0, 0.1) is 0 Å². The van der Waals surface area contributed by atoms with Crippen molar-refractivity contribution in [1.29, 1.82) is 0 Å². The molecule has 2 aromatic carbocycles. The van der Waals surface area contributed by atoms with E-state index < -0.39 is 6.09 Å². The summed E-state index contributed by atoms with van der Waals surface area (Å²) in [5, 5.41) is 6.11. The zero-order chi connectivity index (χ0) is 21.9. The van der Waals surface area contributed by atoms with Crippen LogP contribution in [0.2, 0.25) is 0 Å². The molecule has 0 aliphatic carbocycles. The molecule has 0 unspecified atom stereocenters. The predicted molar refractivity (Wildman–Crippen MR) is 118 cm³/mol. The van der Waals surface area contributed by atoms with Crippen molar-refractivity contribution in [3.05, 3.63) is 65.2 Å². The minimum absolute atomic E-state index is 0.125. The van der Waals surface area contributed by atoms with E-state index in [0.717, 1.165) is 23.4 Å². The van der Waals surface area contributed by atoms with E-state index in [9.17, 15) is 9.59 Å². The number of hydrogen-bond acceptors (Lipinski definition) is 5. The minimum Gasteiger partial charge on any atom is -0.497 e. The molecule has 0 spiro atoms. The number of methoxy groups -OCH3 is 1. The largest absolute Gasteiger partial charge is 0.497 e. The number of carbonyl (C=O) groups excluding carboxylic acids is 2. The molecular formula is C24H28N2O4. The summed E-state index contributed by atoms with van der Waals surface area (Å²) in [6.07, 6.45) is 1.75. The standard InChI is InChI=1S/C24H28N2O4/c1-15(2)30-23(28)25-18-9-6-16(7-10-18)22(27)13-21-20-12-19(29-5)11-8-17(20)14-24(3,4)26-21/h6-13,15,26H,14H2,1-5H3,(H,25,28)/b21-13-. The average molecular weight is 408 g/mol. The Bertz CT molecular complexity index is 975. The lowest BCUT2D eigenvalue weighted by Crippen LogP contribution is -2.43. The molecule has 158 valence electrons. The minimum atomic E-state index is -0.523. The van der Waals surface area contributed by atoms with Crippen molar-refractivity contribution in [3.8, 4) is 5.75 Å². The van der Waals surface area contributed by atoms with Gasteiger partial charge in [-0.1, -0.05) is 6.07 Å². The van der Waals surface area contributed by atoms with Crippen LogP contribution in [0.15, 0.2) is 48.5 Å². The Balaban J connectivity index is 1.83. The highest BCUT2D eigenvalue weighted by atomic mass is 16.6. The zero-order valence-electron chi connectivity index (χ0n) is 18.0. The highest BCUT2D eigenvalue weighted by molar-refractivity contribution is 6.09. The van der Waals surface area contributed by atoms with Crippen LogP contribution in [0.4, 0.5) is 10.5 Å². The monoisotopic (exact) mass is 408 g/mol. The van der Waals surface area contributed by atoms with Gasteiger partial charge < -0.3 is 14.8 Å². The van der Waals surface area contributed by atoms with Crippen LogP contribution in [0.1, 0.15) is 49.2 Å². The number of ether oxygens (including phenoxy) is 2. The summed E-state index contributed by atoms with van der Waals surface area (Å²) in [7, 11) is 1.63. The second-order valence-corrected chi connectivity index (χ2v) is 8.29. The Labute approximate surface area is 177 Å². The normalized spacial score (nSPS) is 15.9. The first-order valence-electron chi connectivity index (χ1n) is 9.96. The summed E-state index contributed by atoms with van der Waals surface area (Å²) >= 11 is 0. The Morgan fingerprint density at radius 2 is 1.83 bits per heavy atom. The van der Waals surface area contributed by atoms with E-state index in [4.69, 9.17) is 9.47 Å². The molecule has 0 saturated carbocycles. The topological polar surface area (TPSA) is 76.7 Å². The maximum Gasteiger partial charge on any atom is 0.411 e. The van der Waals surface area contributed by atoms with Gasteiger partial charge in [-0.25, -0.2) is 4.79 Å². The fourth-order valence-electron chi connectivity index (χ4n) is 3.45. The lowest BCUT2D eigenvalue weighted by molar-refractivity contribution is 0.104. The third-order valence-electron chi connectivity index (χ3n) is 4.75. The summed E-state index contributed by atoms with van der Waals surface area (Å²) in [6.45, 7) is 7.77. The number of ketones is 1. The maximum atomic E-state index is 12.9. The molecule has 0 fully saturated rings. The number of nitrogens with one attached hydrogen (secondary N) is 2. The van der Waals surface area contributed by atoms with Crippen LogP contribution in [-0.4, -0.2) is 30.6 Å². The fraction of sp³-hybridized carbons (Fsp3) is 0.333. The van der Waals surface area contributed by atoms with Gasteiger partial charge in [0.05, 0.1) is 13.2 Å². The van der Waals surface area contributed by atoms with Gasteiger partial charge in [0.2, 0.25) is 0 Å². The van der Waals surface area contributed by atoms with Gasteiger partial charge in [0.25, 0.3) is 0 Å². The van der Waals surface area contributed by atoms with Crippen molar-refractivity contribution >= 4 is 23.3 Å². The number of carbonyl (C=O) groups is 2. The smallest absolute Gasteiger partial charge is 0.411 e.